The van der Waals surface area contributed by atoms with E-state index in [1.165, 1.54) is 12.3 Å². The molecule has 1 aliphatic rings. The Labute approximate surface area is 168 Å². The number of nitrogens with zero attached hydrogens (tertiary/aromatic N) is 1. The van der Waals surface area contributed by atoms with Gasteiger partial charge in [-0.3, -0.25) is 4.98 Å². The van der Waals surface area contributed by atoms with Crippen molar-refractivity contribution in [3.8, 4) is 16.9 Å². The Kier molecular flexibility index (Phi) is 5.17. The number of nitrogens with one attached hydrogen (secondary N) is 1. The molecule has 6 heteroatoms. The summed E-state index contributed by atoms with van der Waals surface area (Å²) in [5, 5.41) is 13.3. The molecule has 1 unspecified atom stereocenters. The number of benzene rings is 2. The summed E-state index contributed by atoms with van der Waals surface area (Å²) in [7, 11) is 0. The lowest BCUT2D eigenvalue weighted by molar-refractivity contribution is 0.0697. The number of rotatable bonds is 5. The van der Waals surface area contributed by atoms with E-state index >= 15 is 0 Å². The van der Waals surface area contributed by atoms with Gasteiger partial charge in [-0.05, 0) is 47.4 Å². The molecule has 2 N–H and O–H groups in total. The van der Waals surface area contributed by atoms with Crippen LogP contribution in [0.4, 0.5) is 5.69 Å². The second-order valence-corrected chi connectivity index (χ2v) is 7.14. The lowest BCUT2D eigenvalue weighted by Gasteiger charge is -2.27. The number of halogens is 1. The fourth-order valence-electron chi connectivity index (χ4n) is 3.45. The Morgan fingerprint density at radius 1 is 1.18 bits per heavy atom. The van der Waals surface area contributed by atoms with Crippen LogP contribution in [0.1, 0.15) is 28.3 Å². The van der Waals surface area contributed by atoms with Gasteiger partial charge < -0.3 is 15.2 Å². The third-order valence-electron chi connectivity index (χ3n) is 4.95. The first kappa shape index (κ1) is 18.3. The molecule has 1 aromatic heterocycles. The van der Waals surface area contributed by atoms with Gasteiger partial charge >= 0.3 is 5.97 Å². The predicted octanol–water partition coefficient (Wildman–Crippen LogP) is 5.08. The van der Waals surface area contributed by atoms with Crippen molar-refractivity contribution in [2.45, 2.75) is 12.3 Å². The van der Waals surface area contributed by atoms with Crippen molar-refractivity contribution in [1.82, 2.24) is 4.98 Å². The van der Waals surface area contributed by atoms with E-state index in [1.54, 1.807) is 6.20 Å². The Hall–Kier alpha value is -3.05. The molecule has 0 amide bonds. The van der Waals surface area contributed by atoms with Crippen LogP contribution >= 0.6 is 11.6 Å². The highest BCUT2D eigenvalue weighted by molar-refractivity contribution is 6.30. The van der Waals surface area contributed by atoms with E-state index < -0.39 is 5.97 Å². The summed E-state index contributed by atoms with van der Waals surface area (Å²) in [5.74, 6) is 0.130. The Balaban J connectivity index is 1.54. The third kappa shape index (κ3) is 3.80. The standard InChI is InChI=1S/C22H19ClN2O3/c23-17-4-1-14(2-5-17)15-3-6-18-16(8-10-28-21(18)11-15)12-25-20-13-24-9-7-19(20)22(26)27/h1-7,9,11,13,16,25H,8,10,12H2,(H,26,27). The number of hydrogen-bond donors (Lipinski definition) is 2. The number of carboxylic acids is 1. The number of hydrogen-bond acceptors (Lipinski definition) is 4. The van der Waals surface area contributed by atoms with Crippen LogP contribution in [0.5, 0.6) is 5.75 Å². The minimum Gasteiger partial charge on any atom is -0.493 e. The molecule has 1 aliphatic heterocycles. The Morgan fingerprint density at radius 3 is 2.75 bits per heavy atom. The molecule has 5 nitrogen and oxygen atoms in total. The molecular weight excluding hydrogens is 376 g/mol. The topological polar surface area (TPSA) is 71.5 Å². The summed E-state index contributed by atoms with van der Waals surface area (Å²) < 4.78 is 5.89. The van der Waals surface area contributed by atoms with E-state index in [0.717, 1.165) is 28.9 Å². The van der Waals surface area contributed by atoms with Crippen LogP contribution in [-0.4, -0.2) is 29.2 Å². The summed E-state index contributed by atoms with van der Waals surface area (Å²) in [4.78, 5) is 15.4. The first-order valence-corrected chi connectivity index (χ1v) is 9.43. The second kappa shape index (κ2) is 7.90. The summed E-state index contributed by atoms with van der Waals surface area (Å²) in [5.41, 5.74) is 4.03. The minimum atomic E-state index is -0.968. The zero-order chi connectivity index (χ0) is 19.5. The smallest absolute Gasteiger partial charge is 0.337 e. The fraction of sp³-hybridized carbons (Fsp3) is 0.182. The highest BCUT2D eigenvalue weighted by Crippen LogP contribution is 2.37. The van der Waals surface area contributed by atoms with Gasteiger partial charge in [0, 0.05) is 23.7 Å². The van der Waals surface area contributed by atoms with Crippen molar-refractivity contribution in [1.29, 1.82) is 0 Å². The molecule has 2 aromatic carbocycles. The summed E-state index contributed by atoms with van der Waals surface area (Å²) >= 11 is 5.98. The van der Waals surface area contributed by atoms with Gasteiger partial charge in [0.15, 0.2) is 0 Å². The zero-order valence-electron chi connectivity index (χ0n) is 15.1. The van der Waals surface area contributed by atoms with E-state index in [2.05, 4.69) is 28.5 Å². The van der Waals surface area contributed by atoms with Crippen molar-refractivity contribution in [3.63, 3.8) is 0 Å². The number of anilines is 1. The van der Waals surface area contributed by atoms with Crippen LogP contribution in [-0.2, 0) is 0 Å². The molecule has 0 bridgehead atoms. The van der Waals surface area contributed by atoms with Gasteiger partial charge in [-0.2, -0.15) is 0 Å². The number of aromatic nitrogens is 1. The van der Waals surface area contributed by atoms with Crippen molar-refractivity contribution < 1.29 is 14.6 Å². The van der Waals surface area contributed by atoms with Crippen LogP contribution < -0.4 is 10.1 Å². The number of ether oxygens (including phenoxy) is 1. The lowest BCUT2D eigenvalue weighted by Crippen LogP contribution is -2.21. The average Bonchev–Trinajstić information content (AvgIpc) is 2.72. The molecule has 2 heterocycles. The molecule has 142 valence electrons. The van der Waals surface area contributed by atoms with E-state index in [4.69, 9.17) is 16.3 Å². The quantitative estimate of drug-likeness (QED) is 0.631. The third-order valence-corrected chi connectivity index (χ3v) is 5.20. The molecule has 0 saturated heterocycles. The van der Waals surface area contributed by atoms with E-state index in [-0.39, 0.29) is 11.5 Å². The lowest BCUT2D eigenvalue weighted by atomic mass is 9.91. The first-order valence-electron chi connectivity index (χ1n) is 9.05. The minimum absolute atomic E-state index is 0.223. The molecule has 0 aliphatic carbocycles. The molecule has 0 fully saturated rings. The molecule has 3 aromatic rings. The number of carbonyl (C=O) groups is 1. The van der Waals surface area contributed by atoms with E-state index in [1.807, 2.05) is 24.3 Å². The predicted molar refractivity (Wildman–Crippen MR) is 109 cm³/mol. The van der Waals surface area contributed by atoms with Gasteiger partial charge in [0.2, 0.25) is 0 Å². The maximum absolute atomic E-state index is 11.4. The fourth-order valence-corrected chi connectivity index (χ4v) is 3.58. The van der Waals surface area contributed by atoms with Crippen LogP contribution in [0.3, 0.4) is 0 Å². The van der Waals surface area contributed by atoms with Gasteiger partial charge in [-0.1, -0.05) is 35.9 Å². The molecule has 0 radical (unpaired) electrons. The molecular formula is C22H19ClN2O3. The van der Waals surface area contributed by atoms with Gasteiger partial charge in [-0.25, -0.2) is 4.79 Å². The van der Waals surface area contributed by atoms with E-state index in [9.17, 15) is 9.90 Å². The summed E-state index contributed by atoms with van der Waals surface area (Å²) in [6.07, 6.45) is 3.90. The second-order valence-electron chi connectivity index (χ2n) is 6.70. The molecule has 28 heavy (non-hydrogen) atoms. The Morgan fingerprint density at radius 2 is 1.96 bits per heavy atom. The Bertz CT molecular complexity index is 1000. The average molecular weight is 395 g/mol. The molecule has 0 spiro atoms. The van der Waals surface area contributed by atoms with Crippen LogP contribution in [0, 0.1) is 0 Å². The number of fused-ring (bicyclic) bond motifs is 1. The van der Waals surface area contributed by atoms with Gasteiger partial charge in [0.05, 0.1) is 24.1 Å². The largest absolute Gasteiger partial charge is 0.493 e. The maximum Gasteiger partial charge on any atom is 0.337 e. The SMILES string of the molecule is O=C(O)c1ccncc1NCC1CCOc2cc(-c3ccc(Cl)cc3)ccc21. The molecule has 0 saturated carbocycles. The summed E-state index contributed by atoms with van der Waals surface area (Å²) in [6.45, 7) is 1.24. The van der Waals surface area contributed by atoms with Crippen molar-refractivity contribution in [2.24, 2.45) is 0 Å². The molecule has 1 atom stereocenters. The molecule has 4 rings (SSSR count). The number of aromatic carboxylic acids is 1. The maximum atomic E-state index is 11.4. The van der Waals surface area contributed by atoms with Crippen LogP contribution in [0.25, 0.3) is 11.1 Å². The monoisotopic (exact) mass is 394 g/mol. The number of pyridine rings is 1. The van der Waals surface area contributed by atoms with Crippen molar-refractivity contribution in [2.75, 3.05) is 18.5 Å². The zero-order valence-corrected chi connectivity index (χ0v) is 15.8. The normalized spacial score (nSPS) is 15.4. The highest BCUT2D eigenvalue weighted by atomic mass is 35.5. The van der Waals surface area contributed by atoms with Crippen LogP contribution in [0.2, 0.25) is 5.02 Å². The van der Waals surface area contributed by atoms with E-state index in [0.29, 0.717) is 23.9 Å². The highest BCUT2D eigenvalue weighted by Gasteiger charge is 2.22. The van der Waals surface area contributed by atoms with Crippen molar-refractivity contribution >= 4 is 23.3 Å². The summed E-state index contributed by atoms with van der Waals surface area (Å²) in [6, 6.07) is 15.4. The first-order chi connectivity index (χ1) is 13.6. The van der Waals surface area contributed by atoms with Gasteiger partial charge in [-0.15, -0.1) is 0 Å². The van der Waals surface area contributed by atoms with Crippen molar-refractivity contribution in [3.05, 3.63) is 77.1 Å². The van der Waals surface area contributed by atoms with Gasteiger partial charge in [0.1, 0.15) is 5.75 Å². The van der Waals surface area contributed by atoms with Gasteiger partial charge in [0.25, 0.3) is 0 Å². The number of carboxylic acid groups (broad SMARTS) is 1. The van der Waals surface area contributed by atoms with Crippen LogP contribution in [0.15, 0.2) is 60.9 Å².